The molecule has 0 spiro atoms. The number of nitrogens with one attached hydrogen (secondary N) is 3. The van der Waals surface area contributed by atoms with Gasteiger partial charge in [0.15, 0.2) is 0 Å². The first-order chi connectivity index (χ1) is 13.5. The van der Waals surface area contributed by atoms with Crippen LogP contribution >= 0.6 is 18.7 Å². The van der Waals surface area contributed by atoms with Gasteiger partial charge in [-0.15, -0.1) is 0 Å². The van der Waals surface area contributed by atoms with Crippen molar-refractivity contribution in [3.8, 4) is 0 Å². The number of anilines is 3. The molecule has 1 aliphatic heterocycles. The minimum atomic E-state index is -4.66. The van der Waals surface area contributed by atoms with Crippen molar-refractivity contribution in [1.29, 1.82) is 0 Å². The Morgan fingerprint density at radius 1 is 1.31 bits per heavy atom. The van der Waals surface area contributed by atoms with E-state index in [1.54, 1.807) is 12.1 Å². The number of piperidine rings is 1. The maximum atomic E-state index is 13.5. The molecule has 1 aliphatic rings. The van der Waals surface area contributed by atoms with E-state index in [1.165, 1.54) is 19.4 Å². The van der Waals surface area contributed by atoms with Crippen LogP contribution in [0.15, 0.2) is 24.4 Å². The molecule has 0 aliphatic carbocycles. The molecule has 0 bridgehead atoms. The summed E-state index contributed by atoms with van der Waals surface area (Å²) < 4.78 is 53.2. The summed E-state index contributed by atoms with van der Waals surface area (Å²) in [5, 5.41) is 9.67. The van der Waals surface area contributed by atoms with E-state index in [0.29, 0.717) is 16.9 Å². The molecule has 158 valence electrons. The van der Waals surface area contributed by atoms with Crippen LogP contribution in [0.4, 0.5) is 30.6 Å². The minimum Gasteiger partial charge on any atom is -0.350 e. The van der Waals surface area contributed by atoms with Gasteiger partial charge in [0, 0.05) is 29.1 Å². The molecule has 0 radical (unpaired) electrons. The molecule has 3 N–H and O–H groups in total. The summed E-state index contributed by atoms with van der Waals surface area (Å²) in [6.45, 7) is 4.66. The standard InChI is InChI=1S/C18H22ClF3N5OP/c1-29(2,28)15-6-5-11(19)8-14(15)26-16-13(18(20,21)22)10-24-17(27-16)25-12-4-3-7-23-9-12/h5-6,8,10,12,23H,3-4,7,9H2,1-2H3,(H2,24,25,26,27). The summed E-state index contributed by atoms with van der Waals surface area (Å²) in [5.74, 6) is -0.329. The first-order valence-corrected chi connectivity index (χ1v) is 12.1. The van der Waals surface area contributed by atoms with Crippen molar-refractivity contribution >= 4 is 41.5 Å². The van der Waals surface area contributed by atoms with Crippen LogP contribution in [-0.4, -0.2) is 42.4 Å². The average Bonchev–Trinajstić information content (AvgIpc) is 2.61. The van der Waals surface area contributed by atoms with Gasteiger partial charge in [-0.1, -0.05) is 11.6 Å². The van der Waals surface area contributed by atoms with Crippen LogP contribution in [0.25, 0.3) is 0 Å². The largest absolute Gasteiger partial charge is 0.421 e. The number of hydrogen-bond acceptors (Lipinski definition) is 6. The Labute approximate surface area is 172 Å². The summed E-state index contributed by atoms with van der Waals surface area (Å²) in [7, 11) is -2.78. The summed E-state index contributed by atoms with van der Waals surface area (Å²) in [6, 6.07) is 4.57. The third-order valence-electron chi connectivity index (χ3n) is 4.52. The molecule has 1 aromatic heterocycles. The smallest absolute Gasteiger partial charge is 0.350 e. The van der Waals surface area contributed by atoms with E-state index < -0.39 is 24.7 Å². The Balaban J connectivity index is 1.99. The van der Waals surface area contributed by atoms with Crippen molar-refractivity contribution in [1.82, 2.24) is 15.3 Å². The van der Waals surface area contributed by atoms with Crippen LogP contribution in [0.3, 0.4) is 0 Å². The summed E-state index contributed by atoms with van der Waals surface area (Å²) in [6.07, 6.45) is -2.09. The summed E-state index contributed by atoms with van der Waals surface area (Å²) >= 11 is 6.02. The van der Waals surface area contributed by atoms with Gasteiger partial charge in [-0.05, 0) is 50.9 Å². The van der Waals surface area contributed by atoms with Crippen molar-refractivity contribution < 1.29 is 17.7 Å². The fourth-order valence-corrected chi connectivity index (χ4v) is 4.42. The molecule has 3 rings (SSSR count). The first-order valence-electron chi connectivity index (χ1n) is 9.07. The van der Waals surface area contributed by atoms with E-state index in [1.807, 2.05) is 0 Å². The number of rotatable bonds is 5. The second-order valence-corrected chi connectivity index (χ2v) is 10.9. The summed E-state index contributed by atoms with van der Waals surface area (Å²) in [5.41, 5.74) is -0.793. The molecule has 0 amide bonds. The monoisotopic (exact) mass is 447 g/mol. The molecule has 6 nitrogen and oxygen atoms in total. The highest BCUT2D eigenvalue weighted by Crippen LogP contribution is 2.41. The zero-order valence-corrected chi connectivity index (χ0v) is 17.6. The van der Waals surface area contributed by atoms with Crippen molar-refractivity contribution in [3.05, 3.63) is 35.0 Å². The Kier molecular flexibility index (Phi) is 6.41. The van der Waals surface area contributed by atoms with E-state index in [-0.39, 0.29) is 17.7 Å². The number of halogens is 4. The van der Waals surface area contributed by atoms with E-state index in [4.69, 9.17) is 11.6 Å². The van der Waals surface area contributed by atoms with Crippen LogP contribution in [-0.2, 0) is 10.7 Å². The number of hydrogen-bond donors (Lipinski definition) is 3. The van der Waals surface area contributed by atoms with Crippen molar-refractivity contribution in [2.45, 2.75) is 25.1 Å². The topological polar surface area (TPSA) is 78.9 Å². The van der Waals surface area contributed by atoms with E-state index >= 15 is 0 Å². The quantitative estimate of drug-likeness (QED) is 0.593. The number of benzene rings is 1. The lowest BCUT2D eigenvalue weighted by molar-refractivity contribution is -0.137. The number of aromatic nitrogens is 2. The molecule has 1 saturated heterocycles. The van der Waals surface area contributed by atoms with Crippen LogP contribution in [0, 0.1) is 0 Å². The highest BCUT2D eigenvalue weighted by atomic mass is 35.5. The fourth-order valence-electron chi connectivity index (χ4n) is 3.12. The van der Waals surface area contributed by atoms with Crippen molar-refractivity contribution in [2.24, 2.45) is 0 Å². The molecular formula is C18H22ClF3N5OP. The number of alkyl halides is 3. The van der Waals surface area contributed by atoms with Crippen LogP contribution in [0.1, 0.15) is 18.4 Å². The third kappa shape index (κ3) is 5.62. The highest BCUT2D eigenvalue weighted by molar-refractivity contribution is 7.70. The predicted octanol–water partition coefficient (Wildman–Crippen LogP) is 4.30. The number of nitrogens with zero attached hydrogens (tertiary/aromatic N) is 2. The van der Waals surface area contributed by atoms with E-state index in [2.05, 4.69) is 25.9 Å². The van der Waals surface area contributed by atoms with Crippen molar-refractivity contribution in [3.63, 3.8) is 0 Å². The van der Waals surface area contributed by atoms with Gasteiger partial charge in [-0.3, -0.25) is 0 Å². The van der Waals surface area contributed by atoms with Gasteiger partial charge < -0.3 is 20.5 Å². The average molecular weight is 448 g/mol. The molecule has 2 aromatic rings. The molecular weight excluding hydrogens is 426 g/mol. The van der Waals surface area contributed by atoms with E-state index in [9.17, 15) is 17.7 Å². The SMILES string of the molecule is CP(C)(=O)c1ccc(Cl)cc1Nc1nc(NC2CCCNC2)ncc1C(F)(F)F. The van der Waals surface area contributed by atoms with Crippen LogP contribution in [0.2, 0.25) is 5.02 Å². The maximum absolute atomic E-state index is 13.5. The van der Waals surface area contributed by atoms with Gasteiger partial charge in [0.1, 0.15) is 18.5 Å². The zero-order chi connectivity index (χ0) is 21.2. The highest BCUT2D eigenvalue weighted by Gasteiger charge is 2.36. The molecule has 29 heavy (non-hydrogen) atoms. The lowest BCUT2D eigenvalue weighted by atomic mass is 10.1. The van der Waals surface area contributed by atoms with Crippen LogP contribution < -0.4 is 21.3 Å². The van der Waals surface area contributed by atoms with Crippen LogP contribution in [0.5, 0.6) is 0 Å². The molecule has 2 heterocycles. The maximum Gasteiger partial charge on any atom is 0.421 e. The predicted molar refractivity (Wildman–Crippen MR) is 110 cm³/mol. The fraction of sp³-hybridized carbons (Fsp3) is 0.444. The minimum absolute atomic E-state index is 0.0292. The first kappa shape index (κ1) is 21.9. The third-order valence-corrected chi connectivity index (χ3v) is 6.30. The van der Waals surface area contributed by atoms with Gasteiger partial charge >= 0.3 is 6.18 Å². The summed E-state index contributed by atoms with van der Waals surface area (Å²) in [4.78, 5) is 7.91. The van der Waals surface area contributed by atoms with Gasteiger partial charge in [-0.25, -0.2) is 4.98 Å². The van der Waals surface area contributed by atoms with Gasteiger partial charge in [0.25, 0.3) is 0 Å². The Hall–Kier alpha value is -1.83. The van der Waals surface area contributed by atoms with E-state index in [0.717, 1.165) is 25.6 Å². The molecule has 0 saturated carbocycles. The lowest BCUT2D eigenvalue weighted by Crippen LogP contribution is -2.38. The molecule has 1 unspecified atom stereocenters. The second kappa shape index (κ2) is 8.50. The van der Waals surface area contributed by atoms with Gasteiger partial charge in [0.05, 0.1) is 5.69 Å². The molecule has 1 fully saturated rings. The molecule has 1 atom stereocenters. The normalized spacial score (nSPS) is 17.8. The van der Waals surface area contributed by atoms with Gasteiger partial charge in [0.2, 0.25) is 5.95 Å². The van der Waals surface area contributed by atoms with Gasteiger partial charge in [-0.2, -0.15) is 18.2 Å². The lowest BCUT2D eigenvalue weighted by Gasteiger charge is -2.24. The second-order valence-electron chi connectivity index (χ2n) is 7.28. The molecule has 11 heteroatoms. The molecule has 1 aromatic carbocycles. The van der Waals surface area contributed by atoms with Crippen molar-refractivity contribution in [2.75, 3.05) is 37.1 Å². The Bertz CT molecular complexity index is 928. The zero-order valence-electron chi connectivity index (χ0n) is 16.0. The Morgan fingerprint density at radius 2 is 2.07 bits per heavy atom. The Morgan fingerprint density at radius 3 is 2.69 bits per heavy atom.